The summed E-state index contributed by atoms with van der Waals surface area (Å²) in [5, 5.41) is 3.00. The number of fused-ring (bicyclic) bond motifs is 3. The largest absolute Gasteiger partial charge is 0.355 e. The molecule has 0 aliphatic carbocycles. The summed E-state index contributed by atoms with van der Waals surface area (Å²) in [4.78, 5) is 27.5. The molecule has 0 spiro atoms. The molecule has 1 fully saturated rings. The average molecular weight is 445 g/mol. The molecule has 3 aromatic rings. The van der Waals surface area contributed by atoms with Crippen LogP contribution in [0.2, 0.25) is 0 Å². The average Bonchev–Trinajstić information content (AvgIpc) is 3.36. The number of likely N-dealkylation sites (tertiary alicyclic amines) is 1. The summed E-state index contributed by atoms with van der Waals surface area (Å²) in [7, 11) is 0. The third kappa shape index (κ3) is 4.00. The molecule has 6 nitrogen and oxygen atoms in total. The summed E-state index contributed by atoms with van der Waals surface area (Å²) in [6.45, 7) is 4.43. The standard InChI is InChI=1S/C21H25BrN4O2/c22-16-7-8-17-19(15-16)26(21(28)18-5-3-12-25(17)18)13-4-6-20(27)23-9-14-24-10-1-2-11-24/h3,5,7-8,12,15H,1-2,4,6,9-11,13-14H2,(H,23,27). The second-order valence-corrected chi connectivity index (χ2v) is 8.27. The molecule has 1 amide bonds. The number of nitrogens with zero attached hydrogens (tertiary/aromatic N) is 3. The molecule has 1 aliphatic rings. The molecule has 7 heteroatoms. The van der Waals surface area contributed by atoms with E-state index in [4.69, 9.17) is 0 Å². The van der Waals surface area contributed by atoms with Gasteiger partial charge in [0.25, 0.3) is 5.56 Å². The molecule has 0 radical (unpaired) electrons. The van der Waals surface area contributed by atoms with Crippen LogP contribution >= 0.6 is 15.9 Å². The molecular formula is C21H25BrN4O2. The van der Waals surface area contributed by atoms with Crippen molar-refractivity contribution in [1.82, 2.24) is 19.2 Å². The number of carbonyl (C=O) groups is 1. The van der Waals surface area contributed by atoms with E-state index in [2.05, 4.69) is 26.1 Å². The van der Waals surface area contributed by atoms with Gasteiger partial charge in [0.15, 0.2) is 0 Å². The van der Waals surface area contributed by atoms with E-state index in [1.807, 2.05) is 40.9 Å². The highest BCUT2D eigenvalue weighted by atomic mass is 79.9. The van der Waals surface area contributed by atoms with Crippen LogP contribution in [0.15, 0.2) is 45.8 Å². The Morgan fingerprint density at radius 1 is 1.07 bits per heavy atom. The normalized spacial score (nSPS) is 14.9. The van der Waals surface area contributed by atoms with Gasteiger partial charge >= 0.3 is 0 Å². The Morgan fingerprint density at radius 2 is 1.89 bits per heavy atom. The SMILES string of the molecule is O=C(CCCn1c(=O)c2cccn2c2ccc(Br)cc21)NCCN1CCCC1. The topological polar surface area (TPSA) is 58.8 Å². The number of amides is 1. The molecule has 4 rings (SSSR count). The zero-order valence-corrected chi connectivity index (χ0v) is 17.5. The third-order valence-electron chi connectivity index (χ3n) is 5.44. The lowest BCUT2D eigenvalue weighted by molar-refractivity contribution is -0.121. The van der Waals surface area contributed by atoms with Crippen LogP contribution in [0.3, 0.4) is 0 Å². The molecule has 2 aromatic heterocycles. The first-order valence-corrected chi connectivity index (χ1v) is 10.7. The van der Waals surface area contributed by atoms with Crippen molar-refractivity contribution in [2.75, 3.05) is 26.2 Å². The molecule has 1 aromatic carbocycles. The Kier molecular flexibility index (Phi) is 5.82. The molecule has 28 heavy (non-hydrogen) atoms. The highest BCUT2D eigenvalue weighted by Gasteiger charge is 2.13. The first-order valence-electron chi connectivity index (χ1n) is 9.92. The van der Waals surface area contributed by atoms with Crippen LogP contribution in [0.4, 0.5) is 0 Å². The molecule has 0 unspecified atom stereocenters. The summed E-state index contributed by atoms with van der Waals surface area (Å²) in [6, 6.07) is 9.67. The number of hydrogen-bond donors (Lipinski definition) is 1. The Morgan fingerprint density at radius 3 is 2.71 bits per heavy atom. The van der Waals surface area contributed by atoms with Crippen molar-refractivity contribution in [2.24, 2.45) is 0 Å². The molecular weight excluding hydrogens is 420 g/mol. The number of carbonyl (C=O) groups excluding carboxylic acids is 1. The Hall–Kier alpha value is -2.12. The molecule has 0 bridgehead atoms. The van der Waals surface area contributed by atoms with E-state index >= 15 is 0 Å². The number of aryl methyl sites for hydroxylation is 1. The summed E-state index contributed by atoms with van der Waals surface area (Å²) in [6.07, 6.45) is 5.49. The fourth-order valence-corrected chi connectivity index (χ4v) is 4.35. The lowest BCUT2D eigenvalue weighted by Crippen LogP contribution is -2.33. The summed E-state index contributed by atoms with van der Waals surface area (Å²) in [5.41, 5.74) is 2.49. The molecule has 0 saturated carbocycles. The maximum Gasteiger partial charge on any atom is 0.275 e. The second kappa shape index (κ2) is 8.49. The summed E-state index contributed by atoms with van der Waals surface area (Å²) < 4.78 is 4.64. The maximum atomic E-state index is 12.9. The minimum absolute atomic E-state index is 0.0231. The molecule has 148 valence electrons. The van der Waals surface area contributed by atoms with Crippen LogP contribution < -0.4 is 10.9 Å². The number of benzene rings is 1. The monoisotopic (exact) mass is 444 g/mol. The molecule has 1 saturated heterocycles. The van der Waals surface area contributed by atoms with Gasteiger partial charge < -0.3 is 19.2 Å². The minimum Gasteiger partial charge on any atom is -0.355 e. The Labute approximate surface area is 172 Å². The van der Waals surface area contributed by atoms with Crippen LogP contribution in [-0.2, 0) is 11.3 Å². The van der Waals surface area contributed by atoms with E-state index in [0.29, 0.717) is 31.4 Å². The fourth-order valence-electron chi connectivity index (χ4n) is 4.00. The zero-order valence-electron chi connectivity index (χ0n) is 15.9. The van der Waals surface area contributed by atoms with Crippen LogP contribution in [0.5, 0.6) is 0 Å². The van der Waals surface area contributed by atoms with Gasteiger partial charge in [-0.05, 0) is 62.7 Å². The van der Waals surface area contributed by atoms with Crippen LogP contribution in [0.1, 0.15) is 25.7 Å². The zero-order chi connectivity index (χ0) is 19.5. The van der Waals surface area contributed by atoms with E-state index < -0.39 is 0 Å². The number of halogens is 1. The van der Waals surface area contributed by atoms with Gasteiger partial charge in [-0.1, -0.05) is 15.9 Å². The van der Waals surface area contributed by atoms with Crippen molar-refractivity contribution in [3.8, 4) is 0 Å². The first-order chi connectivity index (χ1) is 13.6. The highest BCUT2D eigenvalue weighted by Crippen LogP contribution is 2.20. The Bertz CT molecular complexity index is 1050. The quantitative estimate of drug-likeness (QED) is 0.609. The summed E-state index contributed by atoms with van der Waals surface area (Å²) >= 11 is 3.50. The molecule has 1 aliphatic heterocycles. The molecule has 1 N–H and O–H groups in total. The number of rotatable bonds is 7. The van der Waals surface area contributed by atoms with Gasteiger partial charge in [0.2, 0.25) is 5.91 Å². The van der Waals surface area contributed by atoms with Crippen LogP contribution in [0, 0.1) is 0 Å². The van der Waals surface area contributed by atoms with Crippen molar-refractivity contribution >= 4 is 38.4 Å². The molecule has 0 atom stereocenters. The van der Waals surface area contributed by atoms with E-state index in [-0.39, 0.29) is 11.5 Å². The van der Waals surface area contributed by atoms with E-state index in [0.717, 1.165) is 35.1 Å². The van der Waals surface area contributed by atoms with Gasteiger partial charge in [0.05, 0.1) is 11.0 Å². The van der Waals surface area contributed by atoms with Gasteiger partial charge in [0, 0.05) is 36.7 Å². The van der Waals surface area contributed by atoms with Crippen molar-refractivity contribution in [3.05, 3.63) is 51.4 Å². The van der Waals surface area contributed by atoms with Gasteiger partial charge in [-0.2, -0.15) is 0 Å². The van der Waals surface area contributed by atoms with Crippen molar-refractivity contribution < 1.29 is 4.79 Å². The highest BCUT2D eigenvalue weighted by molar-refractivity contribution is 9.10. The van der Waals surface area contributed by atoms with Gasteiger partial charge in [-0.3, -0.25) is 9.59 Å². The fraction of sp³-hybridized carbons (Fsp3) is 0.429. The van der Waals surface area contributed by atoms with Gasteiger partial charge in [0.1, 0.15) is 5.52 Å². The number of aromatic nitrogens is 2. The van der Waals surface area contributed by atoms with Gasteiger partial charge in [-0.15, -0.1) is 0 Å². The van der Waals surface area contributed by atoms with Crippen molar-refractivity contribution in [2.45, 2.75) is 32.2 Å². The lowest BCUT2D eigenvalue weighted by atomic mass is 10.2. The summed E-state index contributed by atoms with van der Waals surface area (Å²) in [5.74, 6) is 0.0569. The third-order valence-corrected chi connectivity index (χ3v) is 5.93. The second-order valence-electron chi connectivity index (χ2n) is 7.36. The Balaban J connectivity index is 1.42. The van der Waals surface area contributed by atoms with Crippen LogP contribution in [-0.4, -0.2) is 46.0 Å². The lowest BCUT2D eigenvalue weighted by Gasteiger charge is -2.15. The van der Waals surface area contributed by atoms with E-state index in [1.165, 1.54) is 12.8 Å². The van der Waals surface area contributed by atoms with E-state index in [9.17, 15) is 9.59 Å². The van der Waals surface area contributed by atoms with Crippen molar-refractivity contribution in [1.29, 1.82) is 0 Å². The predicted octanol–water partition coefficient (Wildman–Crippen LogP) is 3.01. The van der Waals surface area contributed by atoms with E-state index in [1.54, 1.807) is 4.57 Å². The minimum atomic E-state index is -0.0231. The van der Waals surface area contributed by atoms with Gasteiger partial charge in [-0.25, -0.2) is 0 Å². The smallest absolute Gasteiger partial charge is 0.275 e. The number of nitrogens with one attached hydrogen (secondary N) is 1. The predicted molar refractivity (Wildman–Crippen MR) is 115 cm³/mol. The maximum absolute atomic E-state index is 12.9. The first kappa shape index (κ1) is 19.2. The number of hydrogen-bond acceptors (Lipinski definition) is 3. The van der Waals surface area contributed by atoms with Crippen molar-refractivity contribution in [3.63, 3.8) is 0 Å². The van der Waals surface area contributed by atoms with Crippen LogP contribution in [0.25, 0.3) is 16.6 Å². The molecule has 3 heterocycles.